The molecule has 0 saturated heterocycles. The van der Waals surface area contributed by atoms with Gasteiger partial charge in [0.15, 0.2) is 0 Å². The SMILES string of the molecule is NCC1(CC(=O)Nc2ccccc2C(=O)O)CCCCC1. The van der Waals surface area contributed by atoms with Gasteiger partial charge in [-0.25, -0.2) is 4.79 Å². The van der Waals surface area contributed by atoms with Crippen LogP contribution in [0.5, 0.6) is 0 Å². The van der Waals surface area contributed by atoms with E-state index in [2.05, 4.69) is 5.32 Å². The average Bonchev–Trinajstić information content (AvgIpc) is 2.48. The van der Waals surface area contributed by atoms with Gasteiger partial charge in [0.1, 0.15) is 0 Å². The molecular weight excluding hydrogens is 268 g/mol. The van der Waals surface area contributed by atoms with Gasteiger partial charge in [-0.3, -0.25) is 4.79 Å². The lowest BCUT2D eigenvalue weighted by Crippen LogP contribution is -2.36. The Morgan fingerprint density at radius 2 is 1.86 bits per heavy atom. The van der Waals surface area contributed by atoms with Gasteiger partial charge < -0.3 is 16.2 Å². The van der Waals surface area contributed by atoms with Crippen LogP contribution in [-0.2, 0) is 4.79 Å². The molecule has 0 heterocycles. The quantitative estimate of drug-likeness (QED) is 0.777. The Balaban J connectivity index is 2.06. The summed E-state index contributed by atoms with van der Waals surface area (Å²) in [6.07, 6.45) is 5.71. The second-order valence-corrected chi connectivity index (χ2v) is 5.84. The third-order valence-electron chi connectivity index (χ3n) is 4.31. The van der Waals surface area contributed by atoms with Gasteiger partial charge in [0, 0.05) is 6.42 Å². The predicted molar refractivity (Wildman–Crippen MR) is 81.2 cm³/mol. The van der Waals surface area contributed by atoms with E-state index in [1.807, 2.05) is 0 Å². The molecule has 0 spiro atoms. The first kappa shape index (κ1) is 15.5. The zero-order valence-electron chi connectivity index (χ0n) is 12.1. The highest BCUT2D eigenvalue weighted by Gasteiger charge is 2.33. The van der Waals surface area contributed by atoms with Gasteiger partial charge in [-0.1, -0.05) is 31.4 Å². The number of rotatable bonds is 5. The van der Waals surface area contributed by atoms with E-state index >= 15 is 0 Å². The number of carbonyl (C=O) groups excluding carboxylic acids is 1. The van der Waals surface area contributed by atoms with Crippen molar-refractivity contribution in [2.75, 3.05) is 11.9 Å². The minimum absolute atomic E-state index is 0.108. The lowest BCUT2D eigenvalue weighted by Gasteiger charge is -2.35. The topological polar surface area (TPSA) is 92.4 Å². The second-order valence-electron chi connectivity index (χ2n) is 5.84. The summed E-state index contributed by atoms with van der Waals surface area (Å²) in [5.41, 5.74) is 6.21. The summed E-state index contributed by atoms with van der Waals surface area (Å²) in [5, 5.41) is 11.8. The van der Waals surface area contributed by atoms with Crippen molar-refractivity contribution in [2.24, 2.45) is 11.1 Å². The van der Waals surface area contributed by atoms with Crippen LogP contribution in [0.3, 0.4) is 0 Å². The Morgan fingerprint density at radius 1 is 1.19 bits per heavy atom. The zero-order chi connectivity index (χ0) is 15.3. The summed E-state index contributed by atoms with van der Waals surface area (Å²) in [5.74, 6) is -1.20. The van der Waals surface area contributed by atoms with Crippen molar-refractivity contribution in [3.05, 3.63) is 29.8 Å². The van der Waals surface area contributed by atoms with Gasteiger partial charge >= 0.3 is 5.97 Å². The van der Waals surface area contributed by atoms with Crippen LogP contribution in [0.4, 0.5) is 5.69 Å². The highest BCUT2D eigenvalue weighted by molar-refractivity contribution is 6.00. The number of carbonyl (C=O) groups is 2. The summed E-state index contributed by atoms with van der Waals surface area (Å²) in [6.45, 7) is 0.501. The third-order valence-corrected chi connectivity index (χ3v) is 4.31. The lowest BCUT2D eigenvalue weighted by atomic mass is 9.71. The predicted octanol–water partition coefficient (Wildman–Crippen LogP) is 2.62. The maximum atomic E-state index is 12.3. The van der Waals surface area contributed by atoms with Crippen LogP contribution in [0.25, 0.3) is 0 Å². The first-order valence-corrected chi connectivity index (χ1v) is 7.39. The normalized spacial score (nSPS) is 17.2. The van der Waals surface area contributed by atoms with Crippen LogP contribution in [0.2, 0.25) is 0 Å². The highest BCUT2D eigenvalue weighted by atomic mass is 16.4. The average molecular weight is 290 g/mol. The maximum absolute atomic E-state index is 12.3. The van der Waals surface area contributed by atoms with Crippen LogP contribution in [0.1, 0.15) is 48.9 Å². The van der Waals surface area contributed by atoms with Gasteiger partial charge in [-0.2, -0.15) is 0 Å². The largest absolute Gasteiger partial charge is 0.478 e. The molecule has 0 radical (unpaired) electrons. The third kappa shape index (κ3) is 3.82. The minimum Gasteiger partial charge on any atom is -0.478 e. The standard InChI is InChI=1S/C16H22N2O3/c17-11-16(8-4-1-5-9-16)10-14(19)18-13-7-3-2-6-12(13)15(20)21/h2-3,6-7H,1,4-5,8-11,17H2,(H,18,19)(H,20,21). The molecule has 114 valence electrons. The Bertz CT molecular complexity index is 522. The second kappa shape index (κ2) is 6.72. The molecule has 1 aromatic rings. The van der Waals surface area contributed by atoms with Gasteiger partial charge in [0.25, 0.3) is 0 Å². The maximum Gasteiger partial charge on any atom is 0.337 e. The number of carboxylic acid groups (broad SMARTS) is 1. The first-order valence-electron chi connectivity index (χ1n) is 7.39. The molecule has 5 heteroatoms. The molecule has 1 aliphatic carbocycles. The minimum atomic E-state index is -1.04. The van der Waals surface area contributed by atoms with Gasteiger partial charge in [-0.05, 0) is 36.9 Å². The number of anilines is 1. The van der Waals surface area contributed by atoms with Crippen molar-refractivity contribution in [3.63, 3.8) is 0 Å². The summed E-state index contributed by atoms with van der Waals surface area (Å²) >= 11 is 0. The van der Waals surface area contributed by atoms with Crippen molar-refractivity contribution in [2.45, 2.75) is 38.5 Å². The molecule has 1 amide bonds. The van der Waals surface area contributed by atoms with E-state index in [4.69, 9.17) is 10.8 Å². The van der Waals surface area contributed by atoms with Gasteiger partial charge in [0.05, 0.1) is 11.3 Å². The Kier molecular flexibility index (Phi) is 4.96. The number of nitrogens with one attached hydrogen (secondary N) is 1. The Labute approximate surface area is 124 Å². The van der Waals surface area contributed by atoms with E-state index in [1.54, 1.807) is 18.2 Å². The Morgan fingerprint density at radius 3 is 2.48 bits per heavy atom. The molecule has 0 aliphatic heterocycles. The fourth-order valence-corrected chi connectivity index (χ4v) is 3.07. The number of hydrogen-bond acceptors (Lipinski definition) is 3. The smallest absolute Gasteiger partial charge is 0.337 e. The van der Waals surface area contributed by atoms with E-state index in [1.165, 1.54) is 12.5 Å². The number of benzene rings is 1. The van der Waals surface area contributed by atoms with E-state index in [-0.39, 0.29) is 16.9 Å². The van der Waals surface area contributed by atoms with E-state index < -0.39 is 5.97 Å². The van der Waals surface area contributed by atoms with Crippen LogP contribution in [0.15, 0.2) is 24.3 Å². The number of hydrogen-bond donors (Lipinski definition) is 3. The number of amides is 1. The molecule has 1 aromatic carbocycles. The number of nitrogens with two attached hydrogens (primary N) is 1. The zero-order valence-corrected chi connectivity index (χ0v) is 12.1. The fourth-order valence-electron chi connectivity index (χ4n) is 3.07. The van der Waals surface area contributed by atoms with Crippen molar-refractivity contribution in [3.8, 4) is 0 Å². The van der Waals surface area contributed by atoms with Crippen molar-refractivity contribution in [1.29, 1.82) is 0 Å². The van der Waals surface area contributed by atoms with Crippen LogP contribution >= 0.6 is 0 Å². The monoisotopic (exact) mass is 290 g/mol. The molecule has 0 atom stereocenters. The van der Waals surface area contributed by atoms with Crippen LogP contribution in [0, 0.1) is 5.41 Å². The fraction of sp³-hybridized carbons (Fsp3) is 0.500. The molecule has 21 heavy (non-hydrogen) atoms. The highest BCUT2D eigenvalue weighted by Crippen LogP contribution is 2.38. The van der Waals surface area contributed by atoms with Gasteiger partial charge in [0.2, 0.25) is 5.91 Å². The molecular formula is C16H22N2O3. The molecule has 0 aromatic heterocycles. The van der Waals surface area contributed by atoms with E-state index in [9.17, 15) is 9.59 Å². The number of para-hydroxylation sites is 1. The molecule has 5 nitrogen and oxygen atoms in total. The van der Waals surface area contributed by atoms with Crippen molar-refractivity contribution < 1.29 is 14.7 Å². The summed E-state index contributed by atoms with van der Waals surface area (Å²) in [4.78, 5) is 23.4. The summed E-state index contributed by atoms with van der Waals surface area (Å²) in [7, 11) is 0. The summed E-state index contributed by atoms with van der Waals surface area (Å²) in [6, 6.07) is 6.44. The molecule has 0 bridgehead atoms. The Hall–Kier alpha value is -1.88. The van der Waals surface area contributed by atoms with Crippen molar-refractivity contribution >= 4 is 17.6 Å². The van der Waals surface area contributed by atoms with Crippen LogP contribution < -0.4 is 11.1 Å². The summed E-state index contributed by atoms with van der Waals surface area (Å²) < 4.78 is 0. The van der Waals surface area contributed by atoms with Gasteiger partial charge in [-0.15, -0.1) is 0 Å². The molecule has 1 fully saturated rings. The van der Waals surface area contributed by atoms with Crippen LogP contribution in [-0.4, -0.2) is 23.5 Å². The molecule has 1 aliphatic rings. The lowest BCUT2D eigenvalue weighted by molar-refractivity contribution is -0.118. The molecule has 1 saturated carbocycles. The van der Waals surface area contributed by atoms with E-state index in [0.717, 1.165) is 25.7 Å². The molecule has 4 N–H and O–H groups in total. The first-order chi connectivity index (χ1) is 10.1. The van der Waals surface area contributed by atoms with E-state index in [0.29, 0.717) is 18.7 Å². The van der Waals surface area contributed by atoms with Crippen molar-refractivity contribution in [1.82, 2.24) is 0 Å². The number of carboxylic acids is 1. The number of aromatic carboxylic acids is 1. The molecule has 2 rings (SSSR count). The molecule has 0 unspecified atom stereocenters.